The van der Waals surface area contributed by atoms with E-state index in [1.807, 2.05) is 0 Å². The van der Waals surface area contributed by atoms with Crippen LogP contribution in [0.4, 0.5) is 0 Å². The van der Waals surface area contributed by atoms with Gasteiger partial charge in [-0.05, 0) is 0 Å². The van der Waals surface area contributed by atoms with E-state index in [0.29, 0.717) is 0 Å². The third kappa shape index (κ3) is 5.18. The first kappa shape index (κ1) is 17.7. The molecule has 0 bridgehead atoms. The molecule has 0 radical (unpaired) electrons. The average Bonchev–Trinajstić information content (AvgIpc) is 2.35. The molecule has 5 atom stereocenters. The Morgan fingerprint density at radius 2 is 1.57 bits per heavy atom. The third-order valence-electron chi connectivity index (χ3n) is 2.69. The highest BCUT2D eigenvalue weighted by molar-refractivity contribution is 7.80. The Labute approximate surface area is 127 Å². The van der Waals surface area contributed by atoms with Crippen LogP contribution < -0.4 is 0 Å². The van der Waals surface area contributed by atoms with Crippen LogP contribution in [-0.2, 0) is 33.3 Å². The number of carbonyl (C=O) groups excluding carboxylic acids is 3. The van der Waals surface area contributed by atoms with E-state index in [0.717, 1.165) is 13.8 Å². The van der Waals surface area contributed by atoms with Crippen molar-refractivity contribution >= 4 is 30.5 Å². The van der Waals surface area contributed by atoms with Gasteiger partial charge in [0.25, 0.3) is 0 Å². The van der Waals surface area contributed by atoms with Crippen LogP contribution in [0.3, 0.4) is 0 Å². The van der Waals surface area contributed by atoms with E-state index in [-0.39, 0.29) is 6.61 Å². The summed E-state index contributed by atoms with van der Waals surface area (Å²) in [6.07, 6.45) is -4.48. The van der Waals surface area contributed by atoms with E-state index >= 15 is 0 Å². The molecule has 0 aromatic heterocycles. The lowest BCUT2D eigenvalue weighted by molar-refractivity contribution is -0.231. The fourth-order valence-electron chi connectivity index (χ4n) is 1.90. The summed E-state index contributed by atoms with van der Waals surface area (Å²) in [5.74, 6) is -1.87. The van der Waals surface area contributed by atoms with E-state index in [4.69, 9.17) is 18.9 Å². The maximum atomic E-state index is 11.2. The molecule has 1 N–H and O–H groups in total. The van der Waals surface area contributed by atoms with E-state index in [1.165, 1.54) is 6.92 Å². The Kier molecular flexibility index (Phi) is 6.43. The van der Waals surface area contributed by atoms with Crippen LogP contribution >= 0.6 is 12.6 Å². The highest BCUT2D eigenvalue weighted by Crippen LogP contribution is 2.28. The Morgan fingerprint density at radius 3 is 2.05 bits per heavy atom. The minimum atomic E-state index is -1.30. The second kappa shape index (κ2) is 7.62. The number of hydrogen-bond donors (Lipinski definition) is 2. The molecule has 0 aliphatic carbocycles. The standard InChI is InChI=1S/C12H18O8S/c1-5(13)17-4-8-10(18-6(2)14)11(19-7(3)15)9(16)12(21)20-8/h8-12,16,21H,4H2,1-3H3/t8-,9-,10-,11-,12+/m1/s1. The first-order valence-electron chi connectivity index (χ1n) is 6.21. The molecule has 0 unspecified atom stereocenters. The summed E-state index contributed by atoms with van der Waals surface area (Å²) in [6, 6.07) is 0. The van der Waals surface area contributed by atoms with Crippen LogP contribution in [0.2, 0.25) is 0 Å². The fraction of sp³-hybridized carbons (Fsp3) is 0.750. The number of aliphatic hydroxyl groups excluding tert-OH is 1. The van der Waals surface area contributed by atoms with Crippen molar-refractivity contribution in [1.82, 2.24) is 0 Å². The highest BCUT2D eigenvalue weighted by Gasteiger charge is 2.48. The highest BCUT2D eigenvalue weighted by atomic mass is 32.1. The van der Waals surface area contributed by atoms with Gasteiger partial charge in [-0.2, -0.15) is 0 Å². The van der Waals surface area contributed by atoms with Crippen LogP contribution in [0.25, 0.3) is 0 Å². The number of ether oxygens (including phenoxy) is 4. The van der Waals surface area contributed by atoms with Gasteiger partial charge in [0.1, 0.15) is 24.3 Å². The Bertz CT molecular complexity index is 412. The molecule has 1 heterocycles. The summed E-state index contributed by atoms with van der Waals surface area (Å²) in [5.41, 5.74) is -0.985. The SMILES string of the molecule is CC(=O)OC[C@H]1O[C@@H](S)[C@H](O)[C@@H](OC(C)=O)[C@@H]1OC(C)=O. The van der Waals surface area contributed by atoms with Crippen LogP contribution in [0.1, 0.15) is 20.8 Å². The van der Waals surface area contributed by atoms with Gasteiger partial charge in [0, 0.05) is 20.8 Å². The number of rotatable bonds is 4. The molecular formula is C12H18O8S. The Morgan fingerprint density at radius 1 is 1.05 bits per heavy atom. The molecule has 0 saturated carbocycles. The molecule has 1 rings (SSSR count). The number of carbonyl (C=O) groups is 3. The summed E-state index contributed by atoms with van der Waals surface area (Å²) in [6.45, 7) is 3.30. The van der Waals surface area contributed by atoms with Crippen molar-refractivity contribution in [2.75, 3.05) is 6.61 Å². The van der Waals surface area contributed by atoms with Crippen molar-refractivity contribution < 1.29 is 38.4 Å². The minimum Gasteiger partial charge on any atom is -0.463 e. The molecule has 8 nitrogen and oxygen atoms in total. The minimum absolute atomic E-state index is 0.227. The third-order valence-corrected chi connectivity index (χ3v) is 3.12. The largest absolute Gasteiger partial charge is 0.463 e. The lowest BCUT2D eigenvalue weighted by Gasteiger charge is -2.41. The summed E-state index contributed by atoms with van der Waals surface area (Å²) < 4.78 is 20.2. The Balaban J connectivity index is 2.94. The van der Waals surface area contributed by atoms with Crippen molar-refractivity contribution in [3.63, 3.8) is 0 Å². The number of aliphatic hydroxyl groups is 1. The van der Waals surface area contributed by atoms with Gasteiger partial charge in [0.05, 0.1) is 0 Å². The second-order valence-corrected chi connectivity index (χ2v) is 5.02. The molecule has 0 aromatic rings. The molecule has 0 aromatic carbocycles. The van der Waals surface area contributed by atoms with Crippen LogP contribution in [0.5, 0.6) is 0 Å². The zero-order chi connectivity index (χ0) is 16.2. The number of thiol groups is 1. The molecule has 1 aliphatic rings. The molecule has 1 saturated heterocycles. The van der Waals surface area contributed by atoms with Gasteiger partial charge in [0.2, 0.25) is 0 Å². The van der Waals surface area contributed by atoms with Gasteiger partial charge >= 0.3 is 17.9 Å². The van der Waals surface area contributed by atoms with Crippen molar-refractivity contribution in [1.29, 1.82) is 0 Å². The van der Waals surface area contributed by atoms with Crippen LogP contribution in [0.15, 0.2) is 0 Å². The van der Waals surface area contributed by atoms with Gasteiger partial charge in [-0.1, -0.05) is 0 Å². The van der Waals surface area contributed by atoms with Crippen molar-refractivity contribution in [3.8, 4) is 0 Å². The zero-order valence-electron chi connectivity index (χ0n) is 11.8. The molecule has 0 amide bonds. The second-order valence-electron chi connectivity index (χ2n) is 4.51. The van der Waals surface area contributed by atoms with Gasteiger partial charge in [-0.25, -0.2) is 0 Å². The summed E-state index contributed by atoms with van der Waals surface area (Å²) >= 11 is 4.03. The lowest BCUT2D eigenvalue weighted by Crippen LogP contribution is -2.60. The van der Waals surface area contributed by atoms with E-state index < -0.39 is 47.8 Å². The fourth-order valence-corrected chi connectivity index (χ4v) is 2.23. The maximum Gasteiger partial charge on any atom is 0.303 e. The Hall–Kier alpha value is -1.32. The summed E-state index contributed by atoms with van der Waals surface area (Å²) in [4.78, 5) is 33.2. The van der Waals surface area contributed by atoms with Crippen LogP contribution in [0, 0.1) is 0 Å². The predicted molar refractivity (Wildman–Crippen MR) is 71.4 cm³/mol. The first-order valence-corrected chi connectivity index (χ1v) is 6.73. The molecule has 120 valence electrons. The van der Waals surface area contributed by atoms with Crippen molar-refractivity contribution in [3.05, 3.63) is 0 Å². The van der Waals surface area contributed by atoms with E-state index in [1.54, 1.807) is 0 Å². The number of esters is 3. The molecule has 21 heavy (non-hydrogen) atoms. The van der Waals surface area contributed by atoms with Crippen molar-refractivity contribution in [2.24, 2.45) is 0 Å². The molecular weight excluding hydrogens is 304 g/mol. The summed E-state index contributed by atoms with van der Waals surface area (Å²) in [7, 11) is 0. The molecule has 1 aliphatic heterocycles. The first-order chi connectivity index (χ1) is 9.72. The van der Waals surface area contributed by atoms with Gasteiger partial charge in [0.15, 0.2) is 12.2 Å². The normalized spacial score (nSPS) is 32.1. The topological polar surface area (TPSA) is 108 Å². The maximum absolute atomic E-state index is 11.2. The predicted octanol–water partition coefficient (Wildman–Crippen LogP) is -0.572. The molecule has 1 fully saturated rings. The van der Waals surface area contributed by atoms with Crippen LogP contribution in [-0.4, -0.2) is 59.5 Å². The van der Waals surface area contributed by atoms with Gasteiger partial charge < -0.3 is 24.1 Å². The smallest absolute Gasteiger partial charge is 0.303 e. The zero-order valence-corrected chi connectivity index (χ0v) is 12.7. The number of hydrogen-bond acceptors (Lipinski definition) is 9. The summed E-state index contributed by atoms with van der Waals surface area (Å²) in [5, 5.41) is 9.99. The van der Waals surface area contributed by atoms with E-state index in [9.17, 15) is 19.5 Å². The van der Waals surface area contributed by atoms with Gasteiger partial charge in [-0.15, -0.1) is 12.6 Å². The van der Waals surface area contributed by atoms with Crippen molar-refractivity contribution in [2.45, 2.75) is 50.6 Å². The quantitative estimate of drug-likeness (QED) is 0.402. The monoisotopic (exact) mass is 322 g/mol. The molecule has 0 spiro atoms. The molecule has 9 heteroatoms. The van der Waals surface area contributed by atoms with E-state index in [2.05, 4.69) is 12.6 Å². The van der Waals surface area contributed by atoms with Gasteiger partial charge in [-0.3, -0.25) is 14.4 Å². The average molecular weight is 322 g/mol. The lowest BCUT2D eigenvalue weighted by atomic mass is 9.99.